The van der Waals surface area contributed by atoms with Gasteiger partial charge in [-0.05, 0) is 36.2 Å². The molecule has 8 nitrogen and oxygen atoms in total. The Hall–Kier alpha value is -3.81. The van der Waals surface area contributed by atoms with Crippen molar-refractivity contribution in [1.82, 2.24) is 9.80 Å². The largest absolute Gasteiger partial charge is 0.334 e. The fraction of sp³-hybridized carbons (Fsp3) is 0.190. The Kier molecular flexibility index (Phi) is 4.46. The topological polar surface area (TPSA) is 104 Å². The monoisotopic (exact) mass is 391 g/mol. The maximum atomic E-state index is 12.7. The van der Waals surface area contributed by atoms with Crippen molar-refractivity contribution in [3.05, 3.63) is 65.2 Å². The van der Waals surface area contributed by atoms with Crippen molar-refractivity contribution in [2.75, 3.05) is 11.9 Å². The van der Waals surface area contributed by atoms with Gasteiger partial charge < -0.3 is 5.32 Å². The number of urea groups is 1. The zero-order chi connectivity index (χ0) is 20.7. The number of amides is 5. The summed E-state index contributed by atoms with van der Waals surface area (Å²) in [6.45, 7) is 1.14. The second kappa shape index (κ2) is 6.97. The van der Waals surface area contributed by atoms with E-state index in [1.165, 1.54) is 6.07 Å². The van der Waals surface area contributed by atoms with Crippen molar-refractivity contribution < 1.29 is 24.0 Å². The highest BCUT2D eigenvalue weighted by Crippen LogP contribution is 2.32. The van der Waals surface area contributed by atoms with Crippen LogP contribution in [0.25, 0.3) is 0 Å². The molecule has 4 rings (SSSR count). The first-order chi connectivity index (χ1) is 13.9. The lowest BCUT2D eigenvalue weighted by Gasteiger charge is -2.15. The number of anilines is 1. The molecule has 1 N–H and O–H groups in total. The molecule has 1 atom stereocenters. The highest BCUT2D eigenvalue weighted by molar-refractivity contribution is 6.45. The third-order valence-electron chi connectivity index (χ3n) is 5.11. The van der Waals surface area contributed by atoms with Crippen molar-refractivity contribution in [3.8, 4) is 0 Å². The number of nitrogens with one attached hydrogen (secondary N) is 1. The minimum Gasteiger partial charge on any atom is -0.325 e. The Morgan fingerprint density at radius 2 is 1.66 bits per heavy atom. The molecule has 1 fully saturated rings. The number of Topliss-reactive ketones (excluding diaryl/α,β-unsaturated/α-hetero) is 1. The first-order valence-corrected chi connectivity index (χ1v) is 9.06. The lowest BCUT2D eigenvalue weighted by molar-refractivity contribution is -0.143. The highest BCUT2D eigenvalue weighted by Gasteiger charge is 2.45. The van der Waals surface area contributed by atoms with E-state index >= 15 is 0 Å². The number of carbonyl (C=O) groups is 5. The summed E-state index contributed by atoms with van der Waals surface area (Å²) in [4.78, 5) is 63.0. The summed E-state index contributed by atoms with van der Waals surface area (Å²) < 4.78 is 0. The van der Waals surface area contributed by atoms with Gasteiger partial charge in [-0.3, -0.25) is 24.1 Å². The molecule has 2 aromatic carbocycles. The third kappa shape index (κ3) is 3.18. The minimum absolute atomic E-state index is 0.0426. The van der Waals surface area contributed by atoms with Gasteiger partial charge in [0.05, 0.1) is 19.0 Å². The Labute approximate surface area is 166 Å². The molecule has 0 aliphatic carbocycles. The van der Waals surface area contributed by atoms with Crippen LogP contribution in [-0.2, 0) is 20.9 Å². The van der Waals surface area contributed by atoms with E-state index in [0.29, 0.717) is 21.7 Å². The van der Waals surface area contributed by atoms with Crippen LogP contribution in [0, 0.1) is 0 Å². The van der Waals surface area contributed by atoms with Gasteiger partial charge in [0.15, 0.2) is 5.78 Å². The zero-order valence-electron chi connectivity index (χ0n) is 15.5. The maximum absolute atomic E-state index is 12.7. The lowest BCUT2D eigenvalue weighted by atomic mass is 9.99. The Bertz CT molecular complexity index is 1060. The van der Waals surface area contributed by atoms with E-state index in [1.54, 1.807) is 49.4 Å². The molecule has 29 heavy (non-hydrogen) atoms. The minimum atomic E-state index is -1.02. The molecule has 146 valence electrons. The molecule has 0 bridgehead atoms. The van der Waals surface area contributed by atoms with Crippen LogP contribution in [0.5, 0.6) is 0 Å². The number of imide groups is 2. The summed E-state index contributed by atoms with van der Waals surface area (Å²) in [5.74, 6) is -3.02. The van der Waals surface area contributed by atoms with Gasteiger partial charge in [0.25, 0.3) is 0 Å². The number of hydrogen-bond acceptors (Lipinski definition) is 5. The number of nitrogens with zero attached hydrogens (tertiary/aromatic N) is 2. The summed E-state index contributed by atoms with van der Waals surface area (Å²) in [5, 5.41) is 2.72. The summed E-state index contributed by atoms with van der Waals surface area (Å²) >= 11 is 0. The van der Waals surface area contributed by atoms with Crippen LogP contribution >= 0.6 is 0 Å². The van der Waals surface area contributed by atoms with E-state index in [1.807, 2.05) is 0 Å². The van der Waals surface area contributed by atoms with Crippen LogP contribution in [0.4, 0.5) is 10.5 Å². The number of hydrogen-bond donors (Lipinski definition) is 1. The number of fused-ring (bicyclic) bond motifs is 1. The quantitative estimate of drug-likeness (QED) is 0.476. The molecule has 2 aromatic rings. The molecular formula is C21H17N3O5. The van der Waals surface area contributed by atoms with E-state index in [-0.39, 0.29) is 18.0 Å². The van der Waals surface area contributed by atoms with Crippen molar-refractivity contribution in [3.63, 3.8) is 0 Å². The van der Waals surface area contributed by atoms with Crippen LogP contribution in [0.15, 0.2) is 48.5 Å². The van der Waals surface area contributed by atoms with Crippen LogP contribution in [0.1, 0.15) is 34.3 Å². The predicted octanol–water partition coefficient (Wildman–Crippen LogP) is 1.92. The zero-order valence-corrected chi connectivity index (χ0v) is 15.5. The van der Waals surface area contributed by atoms with Gasteiger partial charge in [0.1, 0.15) is 0 Å². The second-order valence-electron chi connectivity index (χ2n) is 6.99. The standard InChI is InChI=1S/C21H17N3O5/c1-12-15-9-14(7-8-16(15)22-18(12)26)17(25)11-24-20(28)19(27)23(21(24)29)10-13-5-3-2-4-6-13/h2-9,12H,10-11H2,1H3,(H,22,26)/t12-/m1/s1. The van der Waals surface area contributed by atoms with Gasteiger partial charge in [0, 0.05) is 11.3 Å². The summed E-state index contributed by atoms with van der Waals surface area (Å²) in [5.41, 5.74) is 2.28. The molecule has 0 aromatic heterocycles. The molecule has 0 radical (unpaired) electrons. The van der Waals surface area contributed by atoms with E-state index in [0.717, 1.165) is 4.90 Å². The van der Waals surface area contributed by atoms with Gasteiger partial charge in [-0.15, -0.1) is 0 Å². The average molecular weight is 391 g/mol. The molecule has 5 amide bonds. The fourth-order valence-corrected chi connectivity index (χ4v) is 3.42. The highest BCUT2D eigenvalue weighted by atomic mass is 16.2. The number of ketones is 1. The second-order valence-corrected chi connectivity index (χ2v) is 6.99. The van der Waals surface area contributed by atoms with E-state index < -0.39 is 36.1 Å². The van der Waals surface area contributed by atoms with Crippen molar-refractivity contribution in [2.24, 2.45) is 0 Å². The maximum Gasteiger partial charge on any atom is 0.334 e. The van der Waals surface area contributed by atoms with Crippen LogP contribution in [0.2, 0.25) is 0 Å². The average Bonchev–Trinajstić information content (AvgIpc) is 3.11. The molecular weight excluding hydrogens is 374 g/mol. The molecule has 8 heteroatoms. The normalized spacial score (nSPS) is 18.3. The molecule has 0 unspecified atom stereocenters. The number of benzene rings is 2. The molecule has 2 aliphatic heterocycles. The summed E-state index contributed by atoms with van der Waals surface area (Å²) in [6, 6.07) is 12.7. The van der Waals surface area contributed by atoms with Crippen LogP contribution in [-0.4, -0.2) is 45.9 Å². The summed E-state index contributed by atoms with van der Waals surface area (Å²) in [6.07, 6.45) is 0. The molecule has 2 heterocycles. The van der Waals surface area contributed by atoms with E-state index in [4.69, 9.17) is 0 Å². The lowest BCUT2D eigenvalue weighted by Crippen LogP contribution is -2.36. The predicted molar refractivity (Wildman–Crippen MR) is 102 cm³/mol. The van der Waals surface area contributed by atoms with Gasteiger partial charge in [0.2, 0.25) is 5.91 Å². The fourth-order valence-electron chi connectivity index (χ4n) is 3.42. The van der Waals surface area contributed by atoms with Gasteiger partial charge in [-0.2, -0.15) is 0 Å². The first-order valence-electron chi connectivity index (χ1n) is 9.06. The molecule has 0 saturated carbocycles. The Morgan fingerprint density at radius 3 is 2.38 bits per heavy atom. The van der Waals surface area contributed by atoms with Gasteiger partial charge in [-0.1, -0.05) is 30.3 Å². The Balaban J connectivity index is 1.51. The van der Waals surface area contributed by atoms with E-state index in [9.17, 15) is 24.0 Å². The molecule has 2 aliphatic rings. The van der Waals surface area contributed by atoms with Crippen molar-refractivity contribution in [2.45, 2.75) is 19.4 Å². The Morgan fingerprint density at radius 1 is 0.966 bits per heavy atom. The van der Waals surface area contributed by atoms with Crippen molar-refractivity contribution in [1.29, 1.82) is 0 Å². The third-order valence-corrected chi connectivity index (χ3v) is 5.11. The number of rotatable bonds is 5. The van der Waals surface area contributed by atoms with Gasteiger partial charge >= 0.3 is 17.8 Å². The smallest absolute Gasteiger partial charge is 0.325 e. The first kappa shape index (κ1) is 18.5. The summed E-state index contributed by atoms with van der Waals surface area (Å²) in [7, 11) is 0. The van der Waals surface area contributed by atoms with Crippen molar-refractivity contribution >= 4 is 35.2 Å². The van der Waals surface area contributed by atoms with Gasteiger partial charge in [-0.25, -0.2) is 9.69 Å². The molecule has 0 spiro atoms. The van der Waals surface area contributed by atoms with E-state index in [2.05, 4.69) is 5.32 Å². The van der Waals surface area contributed by atoms with Crippen LogP contribution in [0.3, 0.4) is 0 Å². The van der Waals surface area contributed by atoms with Crippen LogP contribution < -0.4 is 5.32 Å². The SMILES string of the molecule is C[C@H]1C(=O)Nc2ccc(C(=O)CN3C(=O)C(=O)N(Cc4ccccc4)C3=O)cc21. The number of carbonyl (C=O) groups excluding carboxylic acids is 5. The molecule has 1 saturated heterocycles.